The average Bonchev–Trinajstić information content (AvgIpc) is 3.57. The zero-order valence-electron chi connectivity index (χ0n) is 31.4. The van der Waals surface area contributed by atoms with Gasteiger partial charge in [0.15, 0.2) is 11.6 Å². The molecule has 2 aliphatic carbocycles. The van der Waals surface area contributed by atoms with Crippen molar-refractivity contribution in [1.29, 1.82) is 0 Å². The summed E-state index contributed by atoms with van der Waals surface area (Å²) in [6, 6.07) is 60.2. The lowest BCUT2D eigenvalue weighted by Gasteiger charge is -2.40. The second-order valence-electron chi connectivity index (χ2n) is 15.3. The molecule has 0 radical (unpaired) electrons. The largest absolute Gasteiger partial charge is 0.456 e. The van der Waals surface area contributed by atoms with E-state index in [1.165, 1.54) is 22.3 Å². The Morgan fingerprint density at radius 2 is 1.04 bits per heavy atom. The van der Waals surface area contributed by atoms with E-state index in [0.717, 1.165) is 68.3 Å². The molecular formula is C53H37N3O. The molecule has 0 saturated heterocycles. The van der Waals surface area contributed by atoms with Gasteiger partial charge in [0.2, 0.25) is 0 Å². The number of benzene rings is 7. The van der Waals surface area contributed by atoms with Crippen molar-refractivity contribution in [3.8, 4) is 67.7 Å². The lowest BCUT2D eigenvalue weighted by atomic mass is 9.65. The second-order valence-corrected chi connectivity index (χ2v) is 15.3. The fourth-order valence-electron chi connectivity index (χ4n) is 9.25. The van der Waals surface area contributed by atoms with Crippen LogP contribution in [0.4, 0.5) is 0 Å². The molecular weight excluding hydrogens is 695 g/mol. The number of hydrogen-bond donors (Lipinski definition) is 0. The molecule has 4 nitrogen and oxygen atoms in total. The van der Waals surface area contributed by atoms with Crippen molar-refractivity contribution in [1.82, 2.24) is 15.0 Å². The fourth-order valence-corrected chi connectivity index (χ4v) is 9.25. The first-order valence-corrected chi connectivity index (χ1v) is 19.6. The predicted molar refractivity (Wildman–Crippen MR) is 229 cm³/mol. The first kappa shape index (κ1) is 33.2. The normalized spacial score (nSPS) is 16.6. The Morgan fingerprint density at radius 3 is 1.79 bits per heavy atom. The molecule has 3 aliphatic rings. The average molecular weight is 732 g/mol. The molecule has 2 heterocycles. The molecule has 0 bridgehead atoms. The molecule has 0 N–H and O–H groups in total. The zero-order chi connectivity index (χ0) is 38.0. The topological polar surface area (TPSA) is 47.9 Å². The van der Waals surface area contributed by atoms with E-state index in [0.29, 0.717) is 11.6 Å². The van der Waals surface area contributed by atoms with E-state index in [1.807, 2.05) is 6.07 Å². The van der Waals surface area contributed by atoms with E-state index in [2.05, 4.69) is 195 Å². The molecule has 57 heavy (non-hydrogen) atoms. The second kappa shape index (κ2) is 13.0. The summed E-state index contributed by atoms with van der Waals surface area (Å²) < 4.78 is 7.08. The maximum absolute atomic E-state index is 7.08. The van der Waals surface area contributed by atoms with Gasteiger partial charge in [0.25, 0.3) is 0 Å². The van der Waals surface area contributed by atoms with Crippen LogP contribution in [-0.4, -0.2) is 15.0 Å². The van der Waals surface area contributed by atoms with Crippen molar-refractivity contribution in [3.05, 3.63) is 222 Å². The van der Waals surface area contributed by atoms with Crippen LogP contribution in [0.3, 0.4) is 0 Å². The number of fused-ring (bicyclic) bond motifs is 9. The molecule has 7 aromatic carbocycles. The number of nitrogens with zero attached hydrogens (tertiary/aromatic N) is 3. The van der Waals surface area contributed by atoms with Crippen molar-refractivity contribution in [2.24, 2.45) is 0 Å². The van der Waals surface area contributed by atoms with E-state index < -0.39 is 10.8 Å². The van der Waals surface area contributed by atoms with Crippen LogP contribution in [0, 0.1) is 0 Å². The molecule has 4 heteroatoms. The Bertz CT molecular complexity index is 2900. The van der Waals surface area contributed by atoms with Crippen LogP contribution in [0.5, 0.6) is 11.5 Å². The molecule has 11 rings (SSSR count). The smallest absolute Gasteiger partial charge is 0.164 e. The van der Waals surface area contributed by atoms with Gasteiger partial charge < -0.3 is 4.74 Å². The molecule has 8 aromatic rings. The maximum atomic E-state index is 7.08. The van der Waals surface area contributed by atoms with Gasteiger partial charge >= 0.3 is 0 Å². The number of para-hydroxylation sites is 2. The number of ether oxygens (including phenoxy) is 1. The van der Waals surface area contributed by atoms with Gasteiger partial charge in [0.1, 0.15) is 17.3 Å². The van der Waals surface area contributed by atoms with E-state index >= 15 is 0 Å². The van der Waals surface area contributed by atoms with Crippen molar-refractivity contribution in [2.45, 2.75) is 24.2 Å². The molecule has 1 aromatic heterocycles. The van der Waals surface area contributed by atoms with Crippen LogP contribution >= 0.6 is 0 Å². The van der Waals surface area contributed by atoms with Gasteiger partial charge in [-0.05, 0) is 64.4 Å². The quantitative estimate of drug-likeness (QED) is 0.177. The van der Waals surface area contributed by atoms with Gasteiger partial charge in [0.05, 0.1) is 5.41 Å². The predicted octanol–water partition coefficient (Wildman–Crippen LogP) is 12.8. The van der Waals surface area contributed by atoms with Gasteiger partial charge in [0, 0.05) is 33.2 Å². The first-order chi connectivity index (χ1) is 28.1. The summed E-state index contributed by atoms with van der Waals surface area (Å²) in [6.45, 7) is 2.21. The molecule has 0 fully saturated rings. The van der Waals surface area contributed by atoms with Crippen LogP contribution in [0.1, 0.15) is 41.4 Å². The highest BCUT2D eigenvalue weighted by Crippen LogP contribution is 2.63. The number of rotatable bonds is 5. The van der Waals surface area contributed by atoms with Crippen LogP contribution in [0.25, 0.3) is 56.2 Å². The number of allylic oxidation sites excluding steroid dienone is 4. The highest BCUT2D eigenvalue weighted by Gasteiger charge is 2.51. The third-order valence-electron chi connectivity index (χ3n) is 12.0. The Labute approximate surface area is 332 Å². The van der Waals surface area contributed by atoms with Gasteiger partial charge in [-0.15, -0.1) is 0 Å². The van der Waals surface area contributed by atoms with Crippen LogP contribution in [0.15, 0.2) is 194 Å². The van der Waals surface area contributed by atoms with Crippen molar-refractivity contribution in [3.63, 3.8) is 0 Å². The van der Waals surface area contributed by atoms with E-state index in [-0.39, 0.29) is 0 Å². The summed E-state index contributed by atoms with van der Waals surface area (Å²) >= 11 is 0. The molecule has 1 atom stereocenters. The summed E-state index contributed by atoms with van der Waals surface area (Å²) in [5.74, 6) is 3.70. The Kier molecular flexibility index (Phi) is 7.55. The summed E-state index contributed by atoms with van der Waals surface area (Å²) in [5.41, 5.74) is 12.4. The Balaban J connectivity index is 1.14. The van der Waals surface area contributed by atoms with E-state index in [4.69, 9.17) is 19.7 Å². The minimum absolute atomic E-state index is 0.401. The Hall–Kier alpha value is -7.17. The highest BCUT2D eigenvalue weighted by atomic mass is 16.5. The first-order valence-electron chi connectivity index (χ1n) is 19.6. The summed E-state index contributed by atoms with van der Waals surface area (Å²) in [6.07, 6.45) is 9.37. The SMILES string of the molecule is C[C@@]1(c2nc(-c3cccc(-c4ccccc4)c3)nc(-c3ccccc3-c3cccc4c3Oc3ccccc3C43c4ccccc4-c4ccccc43)n2)C=CC=CC1. The number of hydrogen-bond acceptors (Lipinski definition) is 4. The highest BCUT2D eigenvalue weighted by molar-refractivity contribution is 5.92. The van der Waals surface area contributed by atoms with Crippen molar-refractivity contribution >= 4 is 0 Å². The number of aromatic nitrogens is 3. The standard InChI is InChI=1S/C53H37N3O/c1-52(32-14-3-15-33-52)51-55-49(37-21-16-20-36(34-37)35-18-4-2-5-19-35)54-50(56-51)42-25-7-6-22-38(42)41-26-17-30-46-48(41)57-47-31-13-12-29-45(47)53(46)43-27-10-8-23-39(43)40-24-9-11-28-44(40)53/h2-32,34H,33H2,1H3/t52-/m1/s1. The van der Waals surface area contributed by atoms with Crippen molar-refractivity contribution < 1.29 is 4.74 Å². The minimum atomic E-state index is -0.560. The van der Waals surface area contributed by atoms with Gasteiger partial charge in [-0.3, -0.25) is 0 Å². The molecule has 270 valence electrons. The van der Waals surface area contributed by atoms with Crippen LogP contribution < -0.4 is 4.74 Å². The minimum Gasteiger partial charge on any atom is -0.456 e. The van der Waals surface area contributed by atoms with Crippen molar-refractivity contribution in [2.75, 3.05) is 0 Å². The monoisotopic (exact) mass is 731 g/mol. The zero-order valence-corrected chi connectivity index (χ0v) is 31.4. The summed E-state index contributed by atoms with van der Waals surface area (Å²) in [5, 5.41) is 0. The Morgan fingerprint density at radius 1 is 0.456 bits per heavy atom. The van der Waals surface area contributed by atoms with E-state index in [9.17, 15) is 0 Å². The molecule has 0 unspecified atom stereocenters. The van der Waals surface area contributed by atoms with Gasteiger partial charge in [-0.1, -0.05) is 182 Å². The molecule has 0 amide bonds. The van der Waals surface area contributed by atoms with Gasteiger partial charge in [-0.2, -0.15) is 0 Å². The molecule has 0 saturated carbocycles. The van der Waals surface area contributed by atoms with Gasteiger partial charge in [-0.25, -0.2) is 15.0 Å². The lowest BCUT2D eigenvalue weighted by Crippen LogP contribution is -2.32. The fraction of sp³-hybridized carbons (Fsp3) is 0.0755. The third kappa shape index (κ3) is 5.11. The molecule has 1 spiro atoms. The summed E-state index contributed by atoms with van der Waals surface area (Å²) in [7, 11) is 0. The molecule has 1 aliphatic heterocycles. The lowest BCUT2D eigenvalue weighted by molar-refractivity contribution is 0.438. The summed E-state index contributed by atoms with van der Waals surface area (Å²) in [4.78, 5) is 15.8. The van der Waals surface area contributed by atoms with Crippen LogP contribution in [-0.2, 0) is 10.8 Å². The maximum Gasteiger partial charge on any atom is 0.164 e. The van der Waals surface area contributed by atoms with E-state index in [1.54, 1.807) is 0 Å². The van der Waals surface area contributed by atoms with Crippen LogP contribution in [0.2, 0.25) is 0 Å². The third-order valence-corrected chi connectivity index (χ3v) is 12.0.